The Bertz CT molecular complexity index is 1160. The van der Waals surface area contributed by atoms with E-state index in [0.717, 1.165) is 33.6 Å². The van der Waals surface area contributed by atoms with Crippen LogP contribution >= 0.6 is 11.3 Å². The second kappa shape index (κ2) is 7.93. The lowest BCUT2D eigenvalue weighted by Crippen LogP contribution is -2.33. The third kappa shape index (κ3) is 4.12. The molecule has 1 aliphatic heterocycles. The first kappa shape index (κ1) is 21.2. The standard InChI is InChI=1S/C25H27N3O2S/c1-6-22(29)28-14-25(4,5)19-12-17(7-8-21(19)28)20-13-31-24(26-20)27-23(30)18-10-15(2)9-16(3)11-18/h7-13H,6,14H2,1-5H3,(H,26,27,30). The van der Waals surface area contributed by atoms with Crippen molar-refractivity contribution < 1.29 is 9.59 Å². The summed E-state index contributed by atoms with van der Waals surface area (Å²) in [6.45, 7) is 10.9. The number of aromatic nitrogens is 1. The molecule has 5 nitrogen and oxygen atoms in total. The molecule has 1 N–H and O–H groups in total. The maximum atomic E-state index is 12.6. The summed E-state index contributed by atoms with van der Waals surface area (Å²) >= 11 is 1.41. The number of nitrogens with zero attached hydrogens (tertiary/aromatic N) is 2. The normalized spacial score (nSPS) is 14.4. The number of hydrogen-bond donors (Lipinski definition) is 1. The van der Waals surface area contributed by atoms with Gasteiger partial charge >= 0.3 is 0 Å². The highest BCUT2D eigenvalue weighted by Gasteiger charge is 2.37. The Morgan fingerprint density at radius 2 is 1.84 bits per heavy atom. The largest absolute Gasteiger partial charge is 0.311 e. The van der Waals surface area contributed by atoms with Crippen LogP contribution in [0.25, 0.3) is 11.3 Å². The molecule has 0 atom stereocenters. The molecule has 0 unspecified atom stereocenters. The average molecular weight is 434 g/mol. The first-order chi connectivity index (χ1) is 14.7. The molecule has 0 radical (unpaired) electrons. The van der Waals surface area contributed by atoms with E-state index >= 15 is 0 Å². The van der Waals surface area contributed by atoms with Gasteiger partial charge in [0, 0.05) is 40.6 Å². The van der Waals surface area contributed by atoms with Gasteiger partial charge in [-0.25, -0.2) is 4.98 Å². The van der Waals surface area contributed by atoms with E-state index in [2.05, 4.69) is 30.2 Å². The Hall–Kier alpha value is -2.99. The Labute approximate surface area is 187 Å². The number of thiazole rings is 1. The average Bonchev–Trinajstić information content (AvgIpc) is 3.28. The van der Waals surface area contributed by atoms with E-state index in [1.807, 2.05) is 61.4 Å². The van der Waals surface area contributed by atoms with Crippen LogP contribution in [0.4, 0.5) is 10.8 Å². The van der Waals surface area contributed by atoms with Gasteiger partial charge in [-0.1, -0.05) is 44.0 Å². The number of rotatable bonds is 4. The number of benzene rings is 2. The topological polar surface area (TPSA) is 62.3 Å². The third-order valence-corrected chi connectivity index (χ3v) is 6.44. The molecule has 6 heteroatoms. The van der Waals surface area contributed by atoms with Gasteiger partial charge in [-0.15, -0.1) is 11.3 Å². The van der Waals surface area contributed by atoms with Crippen LogP contribution in [0, 0.1) is 13.8 Å². The van der Waals surface area contributed by atoms with Crippen LogP contribution in [0.1, 0.15) is 54.2 Å². The van der Waals surface area contributed by atoms with Crippen molar-refractivity contribution in [3.8, 4) is 11.3 Å². The molecule has 160 valence electrons. The number of carbonyl (C=O) groups excluding carboxylic acids is 2. The fourth-order valence-electron chi connectivity index (χ4n) is 4.19. The highest BCUT2D eigenvalue weighted by molar-refractivity contribution is 7.14. The monoisotopic (exact) mass is 433 g/mol. The van der Waals surface area contributed by atoms with Crippen molar-refractivity contribution >= 4 is 34.0 Å². The van der Waals surface area contributed by atoms with E-state index in [4.69, 9.17) is 0 Å². The van der Waals surface area contributed by atoms with Gasteiger partial charge in [-0.3, -0.25) is 14.9 Å². The fraction of sp³-hybridized carbons (Fsp3) is 0.320. The van der Waals surface area contributed by atoms with Crippen molar-refractivity contribution in [2.45, 2.75) is 46.5 Å². The van der Waals surface area contributed by atoms with Crippen LogP contribution in [0.15, 0.2) is 41.8 Å². The van der Waals surface area contributed by atoms with Gasteiger partial charge in [0.2, 0.25) is 5.91 Å². The van der Waals surface area contributed by atoms with Crippen molar-refractivity contribution in [3.05, 3.63) is 64.0 Å². The molecule has 0 saturated carbocycles. The highest BCUT2D eigenvalue weighted by atomic mass is 32.1. The molecule has 3 aromatic rings. The number of amides is 2. The quantitative estimate of drug-likeness (QED) is 0.573. The lowest BCUT2D eigenvalue weighted by molar-refractivity contribution is -0.118. The van der Waals surface area contributed by atoms with Gasteiger partial charge in [-0.05, 0) is 43.7 Å². The third-order valence-electron chi connectivity index (χ3n) is 5.68. The summed E-state index contributed by atoms with van der Waals surface area (Å²) in [5.74, 6) is -0.0128. The zero-order chi connectivity index (χ0) is 22.3. The number of hydrogen-bond acceptors (Lipinski definition) is 4. The van der Waals surface area contributed by atoms with Crippen LogP contribution < -0.4 is 10.2 Å². The predicted octanol–water partition coefficient (Wildman–Crippen LogP) is 5.71. The number of fused-ring (bicyclic) bond motifs is 1. The molecular weight excluding hydrogens is 406 g/mol. The molecular formula is C25H27N3O2S. The summed E-state index contributed by atoms with van der Waals surface area (Å²) in [4.78, 5) is 31.5. The maximum absolute atomic E-state index is 12.6. The molecule has 1 aliphatic rings. The summed E-state index contributed by atoms with van der Waals surface area (Å²) < 4.78 is 0. The number of anilines is 2. The first-order valence-electron chi connectivity index (χ1n) is 10.5. The van der Waals surface area contributed by atoms with Crippen LogP contribution in [-0.2, 0) is 10.2 Å². The predicted molar refractivity (Wildman–Crippen MR) is 127 cm³/mol. The van der Waals surface area contributed by atoms with Crippen LogP contribution in [0.5, 0.6) is 0 Å². The molecule has 31 heavy (non-hydrogen) atoms. The van der Waals surface area contributed by atoms with Gasteiger partial charge in [-0.2, -0.15) is 0 Å². The van der Waals surface area contributed by atoms with E-state index in [1.54, 1.807) is 0 Å². The zero-order valence-electron chi connectivity index (χ0n) is 18.6. The van der Waals surface area contributed by atoms with Gasteiger partial charge in [0.25, 0.3) is 5.91 Å². The van der Waals surface area contributed by atoms with Crippen molar-refractivity contribution in [3.63, 3.8) is 0 Å². The molecule has 2 heterocycles. The van der Waals surface area contributed by atoms with E-state index in [1.165, 1.54) is 11.3 Å². The second-order valence-electron chi connectivity index (χ2n) is 8.82. The number of aryl methyl sites for hydroxylation is 2. The molecule has 0 aliphatic carbocycles. The lowest BCUT2D eigenvalue weighted by atomic mass is 9.86. The van der Waals surface area contributed by atoms with E-state index in [9.17, 15) is 9.59 Å². The lowest BCUT2D eigenvalue weighted by Gasteiger charge is -2.20. The SMILES string of the molecule is CCC(=O)N1CC(C)(C)c2cc(-c3csc(NC(=O)c4cc(C)cc(C)c4)n3)ccc21. The summed E-state index contributed by atoms with van der Waals surface area (Å²) in [5, 5.41) is 5.44. The van der Waals surface area contributed by atoms with Crippen molar-refractivity contribution in [2.24, 2.45) is 0 Å². The van der Waals surface area contributed by atoms with Crippen LogP contribution in [-0.4, -0.2) is 23.3 Å². The molecule has 0 fully saturated rings. The number of nitrogens with one attached hydrogen (secondary N) is 1. The minimum absolute atomic E-state index is 0.119. The minimum Gasteiger partial charge on any atom is -0.311 e. The molecule has 2 amide bonds. The fourth-order valence-corrected chi connectivity index (χ4v) is 4.91. The van der Waals surface area contributed by atoms with Crippen molar-refractivity contribution in [1.29, 1.82) is 0 Å². The summed E-state index contributed by atoms with van der Waals surface area (Å²) in [7, 11) is 0. The maximum Gasteiger partial charge on any atom is 0.257 e. The van der Waals surface area contributed by atoms with E-state index < -0.39 is 0 Å². The van der Waals surface area contributed by atoms with Gasteiger partial charge in [0.15, 0.2) is 5.13 Å². The number of carbonyl (C=O) groups is 2. The van der Waals surface area contributed by atoms with Gasteiger partial charge < -0.3 is 4.90 Å². The molecule has 1 aromatic heterocycles. The molecule has 0 spiro atoms. The molecule has 0 saturated heterocycles. The smallest absolute Gasteiger partial charge is 0.257 e. The van der Waals surface area contributed by atoms with Crippen LogP contribution in [0.2, 0.25) is 0 Å². The molecule has 2 aromatic carbocycles. The van der Waals surface area contributed by atoms with Crippen molar-refractivity contribution in [2.75, 3.05) is 16.8 Å². The highest BCUT2D eigenvalue weighted by Crippen LogP contribution is 2.42. The van der Waals surface area contributed by atoms with Gasteiger partial charge in [0.05, 0.1) is 5.69 Å². The first-order valence-corrected chi connectivity index (χ1v) is 11.4. The Kier molecular flexibility index (Phi) is 5.43. The van der Waals surface area contributed by atoms with Gasteiger partial charge in [0.1, 0.15) is 0 Å². The Morgan fingerprint density at radius 3 is 2.52 bits per heavy atom. The summed E-state index contributed by atoms with van der Waals surface area (Å²) in [5.41, 5.74) is 6.57. The molecule has 0 bridgehead atoms. The Balaban J connectivity index is 1.58. The van der Waals surface area contributed by atoms with Crippen LogP contribution in [0.3, 0.4) is 0 Å². The zero-order valence-corrected chi connectivity index (χ0v) is 19.4. The Morgan fingerprint density at radius 1 is 1.13 bits per heavy atom. The second-order valence-corrected chi connectivity index (χ2v) is 9.68. The van der Waals surface area contributed by atoms with E-state index in [0.29, 0.717) is 23.7 Å². The van der Waals surface area contributed by atoms with E-state index in [-0.39, 0.29) is 17.2 Å². The summed E-state index contributed by atoms with van der Waals surface area (Å²) in [6, 6.07) is 11.9. The van der Waals surface area contributed by atoms with Crippen molar-refractivity contribution in [1.82, 2.24) is 4.98 Å². The minimum atomic E-state index is -0.156. The molecule has 4 rings (SSSR count). The summed E-state index contributed by atoms with van der Waals surface area (Å²) in [6.07, 6.45) is 0.493.